The predicted octanol–water partition coefficient (Wildman–Crippen LogP) is 3.96. The van der Waals surface area contributed by atoms with E-state index in [1.165, 1.54) is 12.1 Å². The monoisotopic (exact) mass is 426 g/mol. The number of aromatic nitrogens is 2. The first-order chi connectivity index (χ1) is 11.8. The van der Waals surface area contributed by atoms with Gasteiger partial charge in [-0.25, -0.2) is 4.98 Å². The molecule has 1 aromatic heterocycles. The molecule has 0 saturated carbocycles. The van der Waals surface area contributed by atoms with Gasteiger partial charge in [-0.05, 0) is 51.4 Å². The van der Waals surface area contributed by atoms with Crippen LogP contribution in [-0.2, 0) is 6.18 Å². The zero-order valence-electron chi connectivity index (χ0n) is 15.0. The summed E-state index contributed by atoms with van der Waals surface area (Å²) >= 11 is 0. The number of alkyl halides is 3. The van der Waals surface area contributed by atoms with Crippen molar-refractivity contribution >= 4 is 41.8 Å². The Kier molecular flexibility index (Phi) is 7.95. The van der Waals surface area contributed by atoms with Crippen LogP contribution in [0.4, 0.5) is 13.2 Å². The minimum absolute atomic E-state index is 0. The third-order valence-corrected chi connectivity index (χ3v) is 4.35. The highest BCUT2D eigenvalue weighted by molar-refractivity contribution is 5.97. The highest BCUT2D eigenvalue weighted by atomic mass is 35.5. The SMILES string of the molecule is CC(C)n1c(C(F)(F)F)nc2cc(C(=O)NC3CCCNC3)ccc21.Cl.Cl. The molecule has 2 N–H and O–H groups in total. The van der Waals surface area contributed by atoms with E-state index in [1.54, 1.807) is 19.9 Å². The maximum absolute atomic E-state index is 13.2. The Morgan fingerprint density at radius 1 is 1.33 bits per heavy atom. The molecule has 1 amide bonds. The Morgan fingerprint density at radius 2 is 2.04 bits per heavy atom. The molecular weight excluding hydrogens is 404 g/mol. The Bertz CT molecular complexity index is 786. The number of imidazole rings is 1. The van der Waals surface area contributed by atoms with E-state index in [4.69, 9.17) is 0 Å². The van der Waals surface area contributed by atoms with E-state index in [-0.39, 0.29) is 42.3 Å². The van der Waals surface area contributed by atoms with E-state index >= 15 is 0 Å². The molecule has 27 heavy (non-hydrogen) atoms. The van der Waals surface area contributed by atoms with Gasteiger partial charge in [0.2, 0.25) is 5.82 Å². The van der Waals surface area contributed by atoms with Crippen LogP contribution in [0.3, 0.4) is 0 Å². The van der Waals surface area contributed by atoms with Crippen molar-refractivity contribution in [1.29, 1.82) is 0 Å². The van der Waals surface area contributed by atoms with E-state index in [0.717, 1.165) is 24.0 Å². The summed E-state index contributed by atoms with van der Waals surface area (Å²) in [6, 6.07) is 4.15. The van der Waals surface area contributed by atoms with E-state index in [9.17, 15) is 18.0 Å². The van der Waals surface area contributed by atoms with Crippen LogP contribution in [0.2, 0.25) is 0 Å². The van der Waals surface area contributed by atoms with Crippen LogP contribution in [0.15, 0.2) is 18.2 Å². The molecule has 1 aliphatic heterocycles. The van der Waals surface area contributed by atoms with Gasteiger partial charge in [0.05, 0.1) is 11.0 Å². The standard InChI is InChI=1S/C17H21F3N4O.2ClH/c1-10(2)24-14-6-5-11(8-13(14)23-16(24)17(18,19)20)15(25)22-12-4-3-7-21-9-12;;/h5-6,8,10,12,21H,3-4,7,9H2,1-2H3,(H,22,25);2*1H. The highest BCUT2D eigenvalue weighted by Gasteiger charge is 2.38. The lowest BCUT2D eigenvalue weighted by atomic mass is 10.1. The van der Waals surface area contributed by atoms with Gasteiger partial charge in [0.15, 0.2) is 0 Å². The van der Waals surface area contributed by atoms with Crippen molar-refractivity contribution in [3.05, 3.63) is 29.6 Å². The van der Waals surface area contributed by atoms with Crippen LogP contribution in [0.1, 0.15) is 48.9 Å². The summed E-state index contributed by atoms with van der Waals surface area (Å²) in [5.41, 5.74) is 0.869. The van der Waals surface area contributed by atoms with Gasteiger partial charge in [-0.15, -0.1) is 24.8 Å². The van der Waals surface area contributed by atoms with Crippen molar-refractivity contribution in [2.75, 3.05) is 13.1 Å². The van der Waals surface area contributed by atoms with Gasteiger partial charge in [-0.2, -0.15) is 13.2 Å². The molecule has 10 heteroatoms. The van der Waals surface area contributed by atoms with Gasteiger partial charge in [0.1, 0.15) is 0 Å². The number of rotatable bonds is 3. The fourth-order valence-corrected chi connectivity index (χ4v) is 3.21. The summed E-state index contributed by atoms with van der Waals surface area (Å²) in [6.45, 7) is 4.99. The van der Waals surface area contributed by atoms with Gasteiger partial charge in [0.25, 0.3) is 5.91 Å². The highest BCUT2D eigenvalue weighted by Crippen LogP contribution is 2.33. The van der Waals surface area contributed by atoms with Crippen LogP contribution in [-0.4, -0.2) is 34.6 Å². The third kappa shape index (κ3) is 5.06. The number of hydrogen-bond acceptors (Lipinski definition) is 3. The number of halogens is 5. The third-order valence-electron chi connectivity index (χ3n) is 4.35. The Balaban J connectivity index is 0.00000182. The van der Waals surface area contributed by atoms with Crippen molar-refractivity contribution in [2.45, 2.75) is 44.9 Å². The lowest BCUT2D eigenvalue weighted by molar-refractivity contribution is -0.147. The molecule has 0 aliphatic carbocycles. The van der Waals surface area contributed by atoms with Crippen molar-refractivity contribution in [1.82, 2.24) is 20.2 Å². The number of piperidine rings is 1. The molecule has 152 valence electrons. The second kappa shape index (κ2) is 9.12. The molecule has 0 radical (unpaired) electrons. The minimum Gasteiger partial charge on any atom is -0.348 e. The quantitative estimate of drug-likeness (QED) is 0.780. The molecule has 1 aliphatic rings. The van der Waals surface area contributed by atoms with Crippen LogP contribution < -0.4 is 10.6 Å². The molecule has 0 bridgehead atoms. The molecule has 1 saturated heterocycles. The molecule has 1 atom stereocenters. The minimum atomic E-state index is -4.54. The number of fused-ring (bicyclic) bond motifs is 1. The average Bonchev–Trinajstić information content (AvgIpc) is 2.94. The molecular formula is C17H23Cl2F3N4O. The maximum atomic E-state index is 13.2. The van der Waals surface area contributed by atoms with E-state index in [1.807, 2.05) is 0 Å². The number of amides is 1. The Morgan fingerprint density at radius 3 is 2.59 bits per heavy atom. The van der Waals surface area contributed by atoms with Crippen LogP contribution in [0.5, 0.6) is 0 Å². The van der Waals surface area contributed by atoms with Gasteiger partial charge in [-0.3, -0.25) is 4.79 Å². The lowest BCUT2D eigenvalue weighted by Gasteiger charge is -2.23. The van der Waals surface area contributed by atoms with Gasteiger partial charge >= 0.3 is 6.18 Å². The molecule has 2 heterocycles. The second-order valence-electron chi connectivity index (χ2n) is 6.62. The number of hydrogen-bond donors (Lipinski definition) is 2. The number of nitrogens with zero attached hydrogens (tertiary/aromatic N) is 2. The van der Waals surface area contributed by atoms with E-state index < -0.39 is 18.0 Å². The first-order valence-electron chi connectivity index (χ1n) is 8.38. The molecule has 0 spiro atoms. The van der Waals surface area contributed by atoms with Crippen LogP contribution in [0.25, 0.3) is 11.0 Å². The average molecular weight is 427 g/mol. The van der Waals surface area contributed by atoms with E-state index in [2.05, 4.69) is 15.6 Å². The zero-order valence-corrected chi connectivity index (χ0v) is 16.6. The molecule has 1 unspecified atom stereocenters. The second-order valence-corrected chi connectivity index (χ2v) is 6.62. The summed E-state index contributed by atoms with van der Waals surface area (Å²) < 4.78 is 40.9. The fraction of sp³-hybridized carbons (Fsp3) is 0.529. The number of carbonyl (C=O) groups is 1. The van der Waals surface area contributed by atoms with Gasteiger partial charge < -0.3 is 15.2 Å². The predicted molar refractivity (Wildman–Crippen MR) is 103 cm³/mol. The molecule has 1 fully saturated rings. The maximum Gasteiger partial charge on any atom is 0.449 e. The van der Waals surface area contributed by atoms with Crippen LogP contribution >= 0.6 is 24.8 Å². The molecule has 3 rings (SSSR count). The number of benzene rings is 1. The van der Waals surface area contributed by atoms with Crippen molar-refractivity contribution in [3.8, 4) is 0 Å². The molecule has 1 aromatic carbocycles. The topological polar surface area (TPSA) is 59.0 Å². The summed E-state index contributed by atoms with van der Waals surface area (Å²) in [7, 11) is 0. The molecule has 2 aromatic rings. The zero-order chi connectivity index (χ0) is 18.2. The number of nitrogens with one attached hydrogen (secondary N) is 2. The van der Waals surface area contributed by atoms with Crippen molar-refractivity contribution in [3.63, 3.8) is 0 Å². The fourth-order valence-electron chi connectivity index (χ4n) is 3.21. The smallest absolute Gasteiger partial charge is 0.348 e. The lowest BCUT2D eigenvalue weighted by Crippen LogP contribution is -2.45. The van der Waals surface area contributed by atoms with Crippen LogP contribution in [0, 0.1) is 0 Å². The summed E-state index contributed by atoms with van der Waals surface area (Å²) in [4.78, 5) is 16.1. The van der Waals surface area contributed by atoms with Gasteiger partial charge in [-0.1, -0.05) is 0 Å². The Labute approximate surface area is 167 Å². The summed E-state index contributed by atoms with van der Waals surface area (Å²) in [5.74, 6) is -1.23. The summed E-state index contributed by atoms with van der Waals surface area (Å²) in [6.07, 6.45) is -2.67. The van der Waals surface area contributed by atoms with Gasteiger partial charge in [0, 0.05) is 24.2 Å². The van der Waals surface area contributed by atoms with Crippen molar-refractivity contribution < 1.29 is 18.0 Å². The largest absolute Gasteiger partial charge is 0.449 e. The molecule has 5 nitrogen and oxygen atoms in total. The first kappa shape index (κ1) is 23.5. The normalized spacial score (nSPS) is 17.3. The first-order valence-corrected chi connectivity index (χ1v) is 8.38. The van der Waals surface area contributed by atoms with Crippen molar-refractivity contribution in [2.24, 2.45) is 0 Å². The Hall–Kier alpha value is -1.51. The summed E-state index contributed by atoms with van der Waals surface area (Å²) in [5, 5.41) is 6.12. The van der Waals surface area contributed by atoms with E-state index in [0.29, 0.717) is 17.6 Å². The number of carbonyl (C=O) groups excluding carboxylic acids is 1.